The van der Waals surface area contributed by atoms with Gasteiger partial charge in [-0.1, -0.05) is 45.1 Å². The number of anilines is 1. The number of ether oxygens (including phenoxy) is 5. The van der Waals surface area contributed by atoms with Crippen LogP contribution in [0.15, 0.2) is 76.5 Å². The van der Waals surface area contributed by atoms with Gasteiger partial charge >= 0.3 is 0 Å². The van der Waals surface area contributed by atoms with Gasteiger partial charge < -0.3 is 59.4 Å². The van der Waals surface area contributed by atoms with Crippen LogP contribution in [0.4, 0.5) is 11.4 Å². The number of aliphatic hydroxyl groups is 1. The molecule has 2 saturated heterocycles. The van der Waals surface area contributed by atoms with Crippen LogP contribution >= 0.6 is 23.5 Å². The number of thioether (sulfide) groups is 2. The number of carbonyl (C=O) groups excluding carboxylic acids is 10. The van der Waals surface area contributed by atoms with Crippen molar-refractivity contribution in [1.82, 2.24) is 35.8 Å². The molecule has 0 aromatic heterocycles. The number of Topliss-reactive ketones (excluding diaryl/α,β-unsaturated/α-hetero) is 2. The summed E-state index contributed by atoms with van der Waals surface area (Å²) in [5.74, 6) is -4.67. The van der Waals surface area contributed by atoms with Crippen molar-refractivity contribution in [3.05, 3.63) is 88.2 Å². The highest BCUT2D eigenvalue weighted by Crippen LogP contribution is 2.40. The van der Waals surface area contributed by atoms with Crippen molar-refractivity contribution in [2.45, 2.75) is 104 Å². The smallest absolute Gasteiger partial charge is 0.261 e. The van der Waals surface area contributed by atoms with Crippen molar-refractivity contribution in [3.8, 4) is 17.2 Å². The molecule has 5 aliphatic heterocycles. The van der Waals surface area contributed by atoms with Gasteiger partial charge in [-0.2, -0.15) is 0 Å². The highest BCUT2D eigenvalue weighted by atomic mass is 32.2. The number of amides is 7. The van der Waals surface area contributed by atoms with E-state index in [-0.39, 0.29) is 82.0 Å². The van der Waals surface area contributed by atoms with Gasteiger partial charge in [0.15, 0.2) is 23.1 Å². The molecule has 5 aliphatic rings. The third-order valence-electron chi connectivity index (χ3n) is 16.0. The zero-order valence-corrected chi connectivity index (χ0v) is 55.4. The van der Waals surface area contributed by atoms with Gasteiger partial charge in [-0.15, -0.1) is 23.5 Å². The Labute approximate surface area is 551 Å². The number of nitrogens with zero attached hydrogens (tertiary/aromatic N) is 6. The number of rotatable bonds is 33. The first-order valence-electron chi connectivity index (χ1n) is 31.4. The zero-order valence-electron chi connectivity index (χ0n) is 53.7. The number of carbonyl (C=O) groups is 10. The summed E-state index contributed by atoms with van der Waals surface area (Å²) in [5.41, 5.74) is 4.09. The Morgan fingerprint density at radius 2 is 1.45 bits per heavy atom. The number of benzene rings is 2. The second-order valence-corrected chi connectivity index (χ2v) is 25.9. The van der Waals surface area contributed by atoms with Crippen LogP contribution in [0.1, 0.15) is 105 Å². The van der Waals surface area contributed by atoms with Gasteiger partial charge in [-0.25, -0.2) is 5.01 Å². The molecule has 0 spiro atoms. The number of aliphatic hydroxyl groups excluding tert-OH is 1. The van der Waals surface area contributed by atoms with Gasteiger partial charge in [0.1, 0.15) is 18.1 Å². The van der Waals surface area contributed by atoms with Crippen molar-refractivity contribution >= 4 is 99.8 Å². The number of methoxy groups -OCH3 is 1. The average Bonchev–Trinajstić information content (AvgIpc) is 1.67. The van der Waals surface area contributed by atoms with E-state index >= 15 is 0 Å². The van der Waals surface area contributed by atoms with E-state index < -0.39 is 85.2 Å². The normalized spacial score (nSPS) is 18.2. The van der Waals surface area contributed by atoms with Gasteiger partial charge in [0, 0.05) is 87.5 Å². The standard InChI is InChI=1S/C66H87N9O16S2/c1-42(2)63(70-60(81)39-71-38-50(78)14-24-92-41-93-25-15-61(82)75(71)40-59(80)67-16-22-89-21-13-49(77)12-11-18-88-23-17-76)55(79)29-46(6)64(84)69-34-62(83)74-37-48-27-44(4)36-73(48)66(86)52-28-45(5)56(32-54(52)74)90-19-9-8-10-20-91-58-31-53-51(30-57(58)87-7)65(85)72-35-43(3)26-47(72)33-68-53/h14-15,24-25,28,30-33,42,46-48,63,76H,3-4,8-13,16-23,26-27,29,34-41H2,1-2,5-7H3,(H,67,80)(H,69,84)(H,70,81)/t46?,47-,48-,63?/m0/s1. The van der Waals surface area contributed by atoms with Crippen LogP contribution in [0.25, 0.3) is 0 Å². The number of hydrogen-bond acceptors (Lipinski definition) is 20. The van der Waals surface area contributed by atoms with Crippen molar-refractivity contribution in [3.63, 3.8) is 0 Å². The minimum Gasteiger partial charge on any atom is -0.493 e. The Morgan fingerprint density at radius 1 is 0.742 bits per heavy atom. The average molecular weight is 1330 g/mol. The summed E-state index contributed by atoms with van der Waals surface area (Å²) in [6.07, 6.45) is 8.15. The molecule has 7 rings (SSSR count). The lowest BCUT2D eigenvalue weighted by molar-refractivity contribution is -0.153. The zero-order chi connectivity index (χ0) is 67.1. The minimum atomic E-state index is -1.13. The molecule has 93 heavy (non-hydrogen) atoms. The van der Waals surface area contributed by atoms with Crippen molar-refractivity contribution in [2.75, 3.05) is 116 Å². The maximum atomic E-state index is 14.4. The second-order valence-electron chi connectivity index (χ2n) is 23.7. The molecule has 25 nitrogen and oxygen atoms in total. The summed E-state index contributed by atoms with van der Waals surface area (Å²) < 4.78 is 28.8. The van der Waals surface area contributed by atoms with Gasteiger partial charge in [0.25, 0.3) is 17.7 Å². The molecular formula is C66H87N9O16S2. The molecule has 0 aliphatic carbocycles. The first kappa shape index (κ1) is 72.7. The molecule has 2 aromatic rings. The minimum absolute atomic E-state index is 0.0241. The van der Waals surface area contributed by atoms with Gasteiger partial charge in [0.2, 0.25) is 23.6 Å². The summed E-state index contributed by atoms with van der Waals surface area (Å²) in [6.45, 7) is 15.0. The van der Waals surface area contributed by atoms with Crippen molar-refractivity contribution < 1.29 is 76.7 Å². The van der Waals surface area contributed by atoms with Gasteiger partial charge in [0.05, 0.1) is 107 Å². The topological polar surface area (TPSA) is 302 Å². The van der Waals surface area contributed by atoms with E-state index in [9.17, 15) is 47.9 Å². The van der Waals surface area contributed by atoms with Crippen LogP contribution < -0.4 is 35.1 Å². The van der Waals surface area contributed by atoms with Crippen LogP contribution in [-0.4, -0.2) is 219 Å². The Bertz CT molecular complexity index is 3210. The molecule has 0 radical (unpaired) electrons. The molecule has 2 unspecified atom stereocenters. The van der Waals surface area contributed by atoms with Crippen LogP contribution in [0, 0.1) is 18.8 Å². The van der Waals surface area contributed by atoms with Crippen molar-refractivity contribution in [2.24, 2.45) is 16.8 Å². The highest BCUT2D eigenvalue weighted by molar-refractivity contribution is 8.18. The van der Waals surface area contributed by atoms with Crippen LogP contribution in [0.5, 0.6) is 17.2 Å². The maximum Gasteiger partial charge on any atom is 0.261 e. The Kier molecular flexibility index (Phi) is 28.2. The lowest BCUT2D eigenvalue weighted by atomic mass is 9.93. The third kappa shape index (κ3) is 21.2. The molecule has 5 heterocycles. The summed E-state index contributed by atoms with van der Waals surface area (Å²) in [7, 11) is 1.52. The van der Waals surface area contributed by atoms with E-state index in [0.29, 0.717) is 122 Å². The molecule has 0 bridgehead atoms. The molecule has 4 atom stereocenters. The van der Waals surface area contributed by atoms with E-state index in [1.165, 1.54) is 54.6 Å². The Hall–Kier alpha value is -7.69. The fraction of sp³-hybridized carbons (Fsp3) is 0.530. The fourth-order valence-electron chi connectivity index (χ4n) is 11.1. The number of ketones is 3. The summed E-state index contributed by atoms with van der Waals surface area (Å²) in [6, 6.07) is 5.16. The number of hydrazine groups is 1. The first-order chi connectivity index (χ1) is 44.6. The summed E-state index contributed by atoms with van der Waals surface area (Å²) in [4.78, 5) is 146. The molecule has 27 heteroatoms. The summed E-state index contributed by atoms with van der Waals surface area (Å²) in [5, 5.41) is 22.6. The largest absolute Gasteiger partial charge is 0.493 e. The molecular weight excluding hydrogens is 1240 g/mol. The molecule has 7 amide bonds. The lowest BCUT2D eigenvalue weighted by Crippen LogP contribution is -2.56. The molecule has 2 aromatic carbocycles. The van der Waals surface area contributed by atoms with E-state index in [1.807, 2.05) is 6.92 Å². The quantitative estimate of drug-likeness (QED) is 0.0537. The first-order valence-corrected chi connectivity index (χ1v) is 33.5. The monoisotopic (exact) mass is 1330 g/mol. The van der Waals surface area contributed by atoms with E-state index in [4.69, 9.17) is 28.8 Å². The van der Waals surface area contributed by atoms with Crippen LogP contribution in [0.2, 0.25) is 0 Å². The number of nitrogens with one attached hydrogen (secondary N) is 3. The van der Waals surface area contributed by atoms with E-state index in [0.717, 1.165) is 27.6 Å². The summed E-state index contributed by atoms with van der Waals surface area (Å²) >= 11 is 2.61. The third-order valence-corrected chi connectivity index (χ3v) is 17.7. The highest BCUT2D eigenvalue weighted by Gasteiger charge is 2.41. The Balaban J connectivity index is 0.917. The van der Waals surface area contributed by atoms with Gasteiger partial charge in [-0.3, -0.25) is 57.9 Å². The van der Waals surface area contributed by atoms with E-state index in [2.05, 4.69) is 34.1 Å². The fourth-order valence-corrected chi connectivity index (χ4v) is 12.5. The van der Waals surface area contributed by atoms with Crippen LogP contribution in [0.3, 0.4) is 0 Å². The molecule has 4 N–H and O–H groups in total. The predicted molar refractivity (Wildman–Crippen MR) is 352 cm³/mol. The number of aryl methyl sites for hydroxylation is 1. The van der Waals surface area contributed by atoms with Crippen LogP contribution in [-0.2, 0) is 47.8 Å². The molecule has 0 saturated carbocycles. The van der Waals surface area contributed by atoms with Gasteiger partial charge in [-0.05, 0) is 86.0 Å². The molecule has 504 valence electrons. The number of unbranched alkanes of at least 4 members (excludes halogenated alkanes) is 2. The lowest BCUT2D eigenvalue weighted by Gasteiger charge is -2.33. The number of hydrogen-bond donors (Lipinski definition) is 4. The molecule has 2 fully saturated rings. The predicted octanol–water partition coefficient (Wildman–Crippen LogP) is 5.05. The number of fused-ring (bicyclic) bond motifs is 4. The number of aliphatic imine (C=N–C) groups is 1. The second kappa shape index (κ2) is 36.1. The van der Waals surface area contributed by atoms with E-state index in [1.54, 1.807) is 64.9 Å². The van der Waals surface area contributed by atoms with Crippen molar-refractivity contribution in [1.29, 1.82) is 0 Å². The SMILES string of the molecule is C=C1C[C@H]2CN(C(=O)CNC(=O)C(C)CC(=O)C(NC(=O)CN3CC(=O)C=CSCSC=CC(=O)N3CC(=O)NCCOCCC(=O)CCCOCCO)C(C)C)c3cc(OCCCCCOc4cc5c(cc4OC)C(=O)N4CC(=C)C[C@H]4C=N5)c(C)cc3C(=O)N2C1. The maximum absolute atomic E-state index is 14.4. The Morgan fingerprint density at radius 3 is 2.19 bits per heavy atom.